The minimum absolute atomic E-state index is 0.0242. The summed E-state index contributed by atoms with van der Waals surface area (Å²) in [7, 11) is 0. The molecule has 1 aliphatic rings. The van der Waals surface area contributed by atoms with E-state index in [9.17, 15) is 9.59 Å². The van der Waals surface area contributed by atoms with E-state index in [4.69, 9.17) is 15.2 Å². The van der Waals surface area contributed by atoms with Crippen LogP contribution >= 0.6 is 0 Å². The first-order chi connectivity index (χ1) is 9.06. The van der Waals surface area contributed by atoms with Crippen LogP contribution in [-0.2, 0) is 9.59 Å². The smallest absolute Gasteiger partial charge is 0.227 e. The van der Waals surface area contributed by atoms with Gasteiger partial charge in [0.25, 0.3) is 0 Å². The second-order valence-electron chi connectivity index (χ2n) is 4.42. The first-order valence-corrected chi connectivity index (χ1v) is 6.05. The molecule has 0 saturated heterocycles. The summed E-state index contributed by atoms with van der Waals surface area (Å²) >= 11 is 0. The number of primary amides is 1. The van der Waals surface area contributed by atoms with E-state index in [0.717, 1.165) is 0 Å². The lowest BCUT2D eigenvalue weighted by Gasteiger charge is -2.19. The SMILES string of the molecule is CC(CC(N)=O)C(=O)Nc1ccc2c(c1)OCCO2. The summed E-state index contributed by atoms with van der Waals surface area (Å²) in [4.78, 5) is 22.6. The Bertz CT molecular complexity index is 501. The Kier molecular flexibility index (Phi) is 3.89. The third-order valence-electron chi connectivity index (χ3n) is 2.76. The van der Waals surface area contributed by atoms with Crippen LogP contribution in [0.15, 0.2) is 18.2 Å². The summed E-state index contributed by atoms with van der Waals surface area (Å²) in [6, 6.07) is 5.16. The van der Waals surface area contributed by atoms with E-state index in [1.165, 1.54) is 0 Å². The van der Waals surface area contributed by atoms with Gasteiger partial charge in [-0.05, 0) is 12.1 Å². The Hall–Kier alpha value is -2.24. The Morgan fingerprint density at radius 3 is 2.68 bits per heavy atom. The Balaban J connectivity index is 2.03. The van der Waals surface area contributed by atoms with Crippen molar-refractivity contribution in [3.8, 4) is 11.5 Å². The molecule has 0 spiro atoms. The molecule has 0 radical (unpaired) electrons. The third-order valence-corrected chi connectivity index (χ3v) is 2.76. The van der Waals surface area contributed by atoms with E-state index in [1.807, 2.05) is 0 Å². The van der Waals surface area contributed by atoms with Crippen LogP contribution in [0.4, 0.5) is 5.69 Å². The lowest BCUT2D eigenvalue weighted by atomic mass is 10.1. The summed E-state index contributed by atoms with van der Waals surface area (Å²) in [5, 5.41) is 2.71. The van der Waals surface area contributed by atoms with Gasteiger partial charge < -0.3 is 20.5 Å². The zero-order valence-corrected chi connectivity index (χ0v) is 10.6. The van der Waals surface area contributed by atoms with Gasteiger partial charge in [-0.1, -0.05) is 6.92 Å². The van der Waals surface area contributed by atoms with Gasteiger partial charge in [-0.15, -0.1) is 0 Å². The number of rotatable bonds is 4. The fourth-order valence-corrected chi connectivity index (χ4v) is 1.78. The highest BCUT2D eigenvalue weighted by Crippen LogP contribution is 2.32. The van der Waals surface area contributed by atoms with Crippen molar-refractivity contribution in [2.75, 3.05) is 18.5 Å². The molecule has 6 nitrogen and oxygen atoms in total. The number of amides is 2. The predicted octanol–water partition coefficient (Wildman–Crippen LogP) is 0.908. The molecule has 1 heterocycles. The maximum Gasteiger partial charge on any atom is 0.227 e. The van der Waals surface area contributed by atoms with Crippen LogP contribution in [0.1, 0.15) is 13.3 Å². The Labute approximate surface area is 110 Å². The molecule has 19 heavy (non-hydrogen) atoms. The van der Waals surface area contributed by atoms with Crippen molar-refractivity contribution >= 4 is 17.5 Å². The van der Waals surface area contributed by atoms with E-state index in [1.54, 1.807) is 25.1 Å². The van der Waals surface area contributed by atoms with Gasteiger partial charge in [0.05, 0.1) is 0 Å². The zero-order valence-electron chi connectivity index (χ0n) is 10.6. The van der Waals surface area contributed by atoms with Crippen molar-refractivity contribution in [3.05, 3.63) is 18.2 Å². The minimum atomic E-state index is -0.496. The van der Waals surface area contributed by atoms with Crippen molar-refractivity contribution in [2.45, 2.75) is 13.3 Å². The number of nitrogens with two attached hydrogens (primary N) is 1. The van der Waals surface area contributed by atoms with Crippen LogP contribution in [-0.4, -0.2) is 25.0 Å². The average molecular weight is 264 g/mol. The molecule has 1 aliphatic heterocycles. The lowest BCUT2D eigenvalue weighted by molar-refractivity contribution is -0.125. The van der Waals surface area contributed by atoms with Crippen molar-refractivity contribution in [3.63, 3.8) is 0 Å². The topological polar surface area (TPSA) is 90.7 Å². The number of ether oxygens (including phenoxy) is 2. The molecule has 3 N–H and O–H groups in total. The Morgan fingerprint density at radius 2 is 2.00 bits per heavy atom. The van der Waals surface area contributed by atoms with Crippen molar-refractivity contribution in [1.82, 2.24) is 0 Å². The molecule has 2 rings (SSSR count). The van der Waals surface area contributed by atoms with E-state index in [0.29, 0.717) is 30.4 Å². The van der Waals surface area contributed by atoms with Gasteiger partial charge in [-0.2, -0.15) is 0 Å². The van der Waals surface area contributed by atoms with Crippen LogP contribution in [0.2, 0.25) is 0 Å². The number of nitrogens with one attached hydrogen (secondary N) is 1. The molecule has 1 atom stereocenters. The highest BCUT2D eigenvalue weighted by atomic mass is 16.6. The average Bonchev–Trinajstić information content (AvgIpc) is 2.37. The largest absolute Gasteiger partial charge is 0.486 e. The summed E-state index contributed by atoms with van der Waals surface area (Å²) in [5.74, 6) is 0.0482. The van der Waals surface area contributed by atoms with Crippen LogP contribution in [0.3, 0.4) is 0 Å². The van der Waals surface area contributed by atoms with Crippen molar-refractivity contribution in [2.24, 2.45) is 11.7 Å². The van der Waals surface area contributed by atoms with Gasteiger partial charge in [0.2, 0.25) is 11.8 Å². The molecular formula is C13H16N2O4. The predicted molar refractivity (Wildman–Crippen MR) is 69.0 cm³/mol. The van der Waals surface area contributed by atoms with Crippen LogP contribution < -0.4 is 20.5 Å². The van der Waals surface area contributed by atoms with Gasteiger partial charge >= 0.3 is 0 Å². The highest BCUT2D eigenvalue weighted by Gasteiger charge is 2.17. The first-order valence-electron chi connectivity index (χ1n) is 6.05. The second-order valence-corrected chi connectivity index (χ2v) is 4.42. The molecule has 1 unspecified atom stereocenters. The normalized spacial score (nSPS) is 14.6. The molecule has 6 heteroatoms. The van der Waals surface area contributed by atoms with Crippen LogP contribution in [0.5, 0.6) is 11.5 Å². The maximum atomic E-state index is 11.8. The summed E-state index contributed by atoms with van der Waals surface area (Å²) in [6.07, 6.45) is 0.0242. The van der Waals surface area contributed by atoms with Gasteiger partial charge in [0.1, 0.15) is 13.2 Å². The van der Waals surface area contributed by atoms with Gasteiger partial charge in [-0.3, -0.25) is 9.59 Å². The number of anilines is 1. The number of hydrogen-bond donors (Lipinski definition) is 2. The maximum absolute atomic E-state index is 11.8. The van der Waals surface area contributed by atoms with Crippen LogP contribution in [0, 0.1) is 5.92 Å². The molecule has 1 aromatic carbocycles. The molecule has 2 amide bonds. The molecule has 102 valence electrons. The van der Waals surface area contributed by atoms with Gasteiger partial charge in [-0.25, -0.2) is 0 Å². The lowest BCUT2D eigenvalue weighted by Crippen LogP contribution is -2.25. The van der Waals surface area contributed by atoms with Crippen LogP contribution in [0.25, 0.3) is 0 Å². The molecule has 0 aromatic heterocycles. The van der Waals surface area contributed by atoms with E-state index in [2.05, 4.69) is 5.32 Å². The first kappa shape index (κ1) is 13.2. The standard InChI is InChI=1S/C13H16N2O4/c1-8(6-12(14)16)13(17)15-9-2-3-10-11(7-9)19-5-4-18-10/h2-3,7-8H,4-6H2,1H3,(H2,14,16)(H,15,17). The van der Waals surface area contributed by atoms with E-state index < -0.39 is 11.8 Å². The number of hydrogen-bond acceptors (Lipinski definition) is 4. The Morgan fingerprint density at radius 1 is 1.32 bits per heavy atom. The monoisotopic (exact) mass is 264 g/mol. The minimum Gasteiger partial charge on any atom is -0.486 e. The fourth-order valence-electron chi connectivity index (χ4n) is 1.78. The van der Waals surface area contributed by atoms with Crippen molar-refractivity contribution in [1.29, 1.82) is 0 Å². The van der Waals surface area contributed by atoms with E-state index >= 15 is 0 Å². The molecule has 0 bridgehead atoms. The zero-order chi connectivity index (χ0) is 13.8. The number of benzene rings is 1. The molecule has 0 saturated carbocycles. The molecule has 1 aromatic rings. The summed E-state index contributed by atoms with van der Waals surface area (Å²) < 4.78 is 10.8. The quantitative estimate of drug-likeness (QED) is 0.845. The fraction of sp³-hybridized carbons (Fsp3) is 0.385. The number of carbonyl (C=O) groups excluding carboxylic acids is 2. The van der Waals surface area contributed by atoms with E-state index in [-0.39, 0.29) is 12.3 Å². The number of carbonyl (C=O) groups is 2. The highest BCUT2D eigenvalue weighted by molar-refractivity contribution is 5.95. The summed E-state index contributed by atoms with van der Waals surface area (Å²) in [6.45, 7) is 2.66. The molecule has 0 aliphatic carbocycles. The summed E-state index contributed by atoms with van der Waals surface area (Å²) in [5.41, 5.74) is 5.66. The van der Waals surface area contributed by atoms with Crippen molar-refractivity contribution < 1.29 is 19.1 Å². The third kappa shape index (κ3) is 3.37. The molecular weight excluding hydrogens is 248 g/mol. The van der Waals surface area contributed by atoms with Gasteiger partial charge in [0, 0.05) is 24.1 Å². The number of fused-ring (bicyclic) bond motifs is 1. The van der Waals surface area contributed by atoms with Gasteiger partial charge in [0.15, 0.2) is 11.5 Å². The molecule has 0 fully saturated rings. The second kappa shape index (κ2) is 5.60.